The Labute approximate surface area is 155 Å². The summed E-state index contributed by atoms with van der Waals surface area (Å²) < 4.78 is 37.9. The van der Waals surface area contributed by atoms with E-state index in [1.165, 1.54) is 25.0 Å². The Bertz CT molecular complexity index is 798. The van der Waals surface area contributed by atoms with Gasteiger partial charge >= 0.3 is 6.18 Å². The lowest BCUT2D eigenvalue weighted by Crippen LogP contribution is -2.26. The number of amides is 1. The molecule has 5 nitrogen and oxygen atoms in total. The molecule has 1 aromatic heterocycles. The molecule has 0 saturated carbocycles. The number of rotatable bonds is 3. The van der Waals surface area contributed by atoms with Crippen molar-refractivity contribution in [2.45, 2.75) is 38.8 Å². The summed E-state index contributed by atoms with van der Waals surface area (Å²) in [4.78, 5) is 23.3. The Kier molecular flexibility index (Phi) is 5.62. The van der Waals surface area contributed by atoms with Crippen LogP contribution in [0.3, 0.4) is 0 Å². The van der Waals surface area contributed by atoms with E-state index >= 15 is 0 Å². The summed E-state index contributed by atoms with van der Waals surface area (Å²) in [5.74, 6) is 0.715. The van der Waals surface area contributed by atoms with E-state index < -0.39 is 17.6 Å². The summed E-state index contributed by atoms with van der Waals surface area (Å²) in [5, 5.41) is 2.59. The molecule has 0 bridgehead atoms. The van der Waals surface area contributed by atoms with Crippen LogP contribution in [0.5, 0.6) is 0 Å². The first-order chi connectivity index (χ1) is 12.8. The fourth-order valence-electron chi connectivity index (χ4n) is 3.07. The molecule has 1 aromatic carbocycles. The highest BCUT2D eigenvalue weighted by Gasteiger charge is 2.30. The predicted molar refractivity (Wildman–Crippen MR) is 96.8 cm³/mol. The van der Waals surface area contributed by atoms with Crippen molar-refractivity contribution >= 4 is 17.4 Å². The van der Waals surface area contributed by atoms with Crippen molar-refractivity contribution in [2.75, 3.05) is 23.3 Å². The molecular formula is C19H21F3N4O. The Morgan fingerprint density at radius 2 is 1.67 bits per heavy atom. The van der Waals surface area contributed by atoms with Crippen LogP contribution in [0.2, 0.25) is 0 Å². The molecule has 1 aliphatic heterocycles. The van der Waals surface area contributed by atoms with Crippen LogP contribution in [0.15, 0.2) is 30.3 Å². The first-order valence-electron chi connectivity index (χ1n) is 8.92. The minimum atomic E-state index is -4.41. The molecule has 1 N–H and O–H groups in total. The largest absolute Gasteiger partial charge is 0.416 e. The Hall–Kier alpha value is -2.64. The van der Waals surface area contributed by atoms with Gasteiger partial charge in [-0.05, 0) is 44.0 Å². The molecule has 3 rings (SSSR count). The molecule has 0 atom stereocenters. The van der Waals surface area contributed by atoms with Crippen LogP contribution in [-0.2, 0) is 6.18 Å². The molecule has 1 saturated heterocycles. The van der Waals surface area contributed by atoms with Gasteiger partial charge in [-0.3, -0.25) is 4.79 Å². The van der Waals surface area contributed by atoms with Crippen LogP contribution in [0.25, 0.3) is 0 Å². The maximum atomic E-state index is 12.6. The minimum absolute atomic E-state index is 0.196. The number of anilines is 2. The van der Waals surface area contributed by atoms with Crippen LogP contribution < -0.4 is 10.2 Å². The number of nitrogens with one attached hydrogen (secondary N) is 1. The SMILES string of the molecule is Cc1nc(C(=O)Nc2ccc(C(F)(F)F)cc2)cc(N2CCCCCC2)n1. The zero-order valence-electron chi connectivity index (χ0n) is 15.0. The van der Waals surface area contributed by atoms with Crippen LogP contribution >= 0.6 is 0 Å². The maximum absolute atomic E-state index is 12.6. The molecule has 144 valence electrons. The topological polar surface area (TPSA) is 58.1 Å². The number of carbonyl (C=O) groups excluding carboxylic acids is 1. The standard InChI is InChI=1S/C19H21F3N4O/c1-13-23-16(12-17(24-13)26-10-4-2-3-5-11-26)18(27)25-15-8-6-14(7-9-15)19(20,21)22/h6-9,12H,2-5,10-11H2,1H3,(H,25,27). The fraction of sp³-hybridized carbons (Fsp3) is 0.421. The van der Waals surface area contributed by atoms with Crippen molar-refractivity contribution in [3.63, 3.8) is 0 Å². The van der Waals surface area contributed by atoms with Gasteiger partial charge in [0.2, 0.25) is 0 Å². The summed E-state index contributed by atoms with van der Waals surface area (Å²) in [6.07, 6.45) is 0.115. The molecule has 0 radical (unpaired) electrons. The van der Waals surface area contributed by atoms with Gasteiger partial charge in [0.15, 0.2) is 0 Å². The second-order valence-electron chi connectivity index (χ2n) is 6.59. The Morgan fingerprint density at radius 1 is 1.04 bits per heavy atom. The zero-order valence-corrected chi connectivity index (χ0v) is 15.0. The number of halogens is 3. The van der Waals surface area contributed by atoms with Gasteiger partial charge in [0, 0.05) is 24.8 Å². The summed E-state index contributed by atoms with van der Waals surface area (Å²) in [6.45, 7) is 3.49. The van der Waals surface area contributed by atoms with Crippen LogP contribution in [0.4, 0.5) is 24.7 Å². The second-order valence-corrected chi connectivity index (χ2v) is 6.59. The Balaban J connectivity index is 1.76. The van der Waals surface area contributed by atoms with Crippen molar-refractivity contribution in [1.29, 1.82) is 0 Å². The average molecular weight is 378 g/mol. The van der Waals surface area contributed by atoms with Gasteiger partial charge in [-0.15, -0.1) is 0 Å². The lowest BCUT2D eigenvalue weighted by atomic mass is 10.2. The van der Waals surface area contributed by atoms with E-state index in [1.54, 1.807) is 13.0 Å². The highest BCUT2D eigenvalue weighted by atomic mass is 19.4. The van der Waals surface area contributed by atoms with E-state index in [0.717, 1.165) is 38.1 Å². The molecule has 2 heterocycles. The third kappa shape index (κ3) is 4.96. The van der Waals surface area contributed by atoms with E-state index in [0.29, 0.717) is 11.6 Å². The molecule has 1 fully saturated rings. The lowest BCUT2D eigenvalue weighted by molar-refractivity contribution is -0.137. The predicted octanol–water partition coefficient (Wildman–Crippen LogP) is 4.44. The third-order valence-electron chi connectivity index (χ3n) is 4.46. The monoisotopic (exact) mass is 378 g/mol. The number of aryl methyl sites for hydroxylation is 1. The number of nitrogens with zero attached hydrogens (tertiary/aromatic N) is 3. The van der Waals surface area contributed by atoms with E-state index in [2.05, 4.69) is 20.2 Å². The fourth-order valence-corrected chi connectivity index (χ4v) is 3.07. The first kappa shape index (κ1) is 19.1. The van der Waals surface area contributed by atoms with Crippen LogP contribution in [0.1, 0.15) is 47.6 Å². The molecule has 0 aliphatic carbocycles. The molecule has 2 aromatic rings. The van der Waals surface area contributed by atoms with Crippen molar-refractivity contribution < 1.29 is 18.0 Å². The molecule has 8 heteroatoms. The van der Waals surface area contributed by atoms with Crippen LogP contribution in [0, 0.1) is 6.92 Å². The van der Waals surface area contributed by atoms with E-state index in [4.69, 9.17) is 0 Å². The van der Waals surface area contributed by atoms with E-state index in [9.17, 15) is 18.0 Å². The number of benzene rings is 1. The molecule has 0 spiro atoms. The lowest BCUT2D eigenvalue weighted by Gasteiger charge is -2.22. The minimum Gasteiger partial charge on any atom is -0.356 e. The van der Waals surface area contributed by atoms with E-state index in [1.807, 2.05) is 0 Å². The smallest absolute Gasteiger partial charge is 0.356 e. The number of alkyl halides is 3. The van der Waals surface area contributed by atoms with Crippen molar-refractivity contribution in [3.8, 4) is 0 Å². The molecule has 27 heavy (non-hydrogen) atoms. The summed E-state index contributed by atoms with van der Waals surface area (Å²) in [5.41, 5.74) is -0.288. The van der Waals surface area contributed by atoms with Crippen molar-refractivity contribution in [1.82, 2.24) is 9.97 Å². The molecule has 1 amide bonds. The summed E-state index contributed by atoms with van der Waals surface area (Å²) in [6, 6.07) is 5.96. The molecule has 0 unspecified atom stereocenters. The summed E-state index contributed by atoms with van der Waals surface area (Å²) >= 11 is 0. The van der Waals surface area contributed by atoms with Crippen molar-refractivity contribution in [3.05, 3.63) is 47.4 Å². The Morgan fingerprint density at radius 3 is 2.26 bits per heavy atom. The van der Waals surface area contributed by atoms with Crippen LogP contribution in [-0.4, -0.2) is 29.0 Å². The van der Waals surface area contributed by atoms with Gasteiger partial charge in [0.25, 0.3) is 5.91 Å². The van der Waals surface area contributed by atoms with Crippen molar-refractivity contribution in [2.24, 2.45) is 0 Å². The van der Waals surface area contributed by atoms with Gasteiger partial charge in [0.1, 0.15) is 17.3 Å². The number of hydrogen-bond acceptors (Lipinski definition) is 4. The number of aromatic nitrogens is 2. The third-order valence-corrected chi connectivity index (χ3v) is 4.46. The van der Waals surface area contributed by atoms with E-state index in [-0.39, 0.29) is 11.4 Å². The number of hydrogen-bond donors (Lipinski definition) is 1. The summed E-state index contributed by atoms with van der Waals surface area (Å²) in [7, 11) is 0. The highest BCUT2D eigenvalue weighted by Crippen LogP contribution is 2.30. The quantitative estimate of drug-likeness (QED) is 0.858. The van der Waals surface area contributed by atoms with Gasteiger partial charge in [0.05, 0.1) is 5.56 Å². The zero-order chi connectivity index (χ0) is 19.4. The van der Waals surface area contributed by atoms with Gasteiger partial charge in [-0.25, -0.2) is 9.97 Å². The highest BCUT2D eigenvalue weighted by molar-refractivity contribution is 6.03. The van der Waals surface area contributed by atoms with Gasteiger partial charge in [-0.1, -0.05) is 12.8 Å². The average Bonchev–Trinajstić information content (AvgIpc) is 2.90. The second kappa shape index (κ2) is 7.94. The van der Waals surface area contributed by atoms with Gasteiger partial charge in [-0.2, -0.15) is 13.2 Å². The molecule has 1 aliphatic rings. The maximum Gasteiger partial charge on any atom is 0.416 e. The molecular weight excluding hydrogens is 357 g/mol. The van der Waals surface area contributed by atoms with Gasteiger partial charge < -0.3 is 10.2 Å². The normalized spacial score (nSPS) is 15.3. The number of carbonyl (C=O) groups is 1. The first-order valence-corrected chi connectivity index (χ1v) is 8.92.